The number of carbonyl (C=O) groups excluding carboxylic acids is 2. The Balaban J connectivity index is 1.93. The Morgan fingerprint density at radius 3 is 2.54 bits per heavy atom. The lowest BCUT2D eigenvalue weighted by atomic mass is 9.85. The SMILES string of the molecule is C=C1C(=O)O[C@@H]2/C=C(\C)C[C@@H](O)/C=C(\C)C[C@@H](OC(=O)[C@]3(C)O[C@@H]3C)[C@H]12. The first-order chi connectivity index (χ1) is 12.1. The maximum absolute atomic E-state index is 12.6. The van der Waals surface area contributed by atoms with Gasteiger partial charge in [0.25, 0.3) is 0 Å². The van der Waals surface area contributed by atoms with Gasteiger partial charge in [0, 0.05) is 12.0 Å². The number of rotatable bonds is 2. The van der Waals surface area contributed by atoms with E-state index in [9.17, 15) is 14.7 Å². The molecule has 2 aliphatic heterocycles. The highest BCUT2D eigenvalue weighted by Crippen LogP contribution is 2.40. The molecule has 6 heteroatoms. The minimum absolute atomic E-state index is 0.199. The maximum Gasteiger partial charge on any atom is 0.341 e. The van der Waals surface area contributed by atoms with Gasteiger partial charge in [-0.05, 0) is 40.2 Å². The van der Waals surface area contributed by atoms with Crippen molar-refractivity contribution < 1.29 is 28.9 Å². The Morgan fingerprint density at radius 2 is 1.92 bits per heavy atom. The van der Waals surface area contributed by atoms with Gasteiger partial charge in [0.15, 0.2) is 5.60 Å². The van der Waals surface area contributed by atoms with Crippen LogP contribution in [0.15, 0.2) is 35.5 Å². The molecule has 142 valence electrons. The van der Waals surface area contributed by atoms with Gasteiger partial charge in [-0.25, -0.2) is 9.59 Å². The van der Waals surface area contributed by atoms with Crippen LogP contribution >= 0.6 is 0 Å². The molecule has 0 bridgehead atoms. The lowest BCUT2D eigenvalue weighted by molar-refractivity contribution is -0.157. The molecule has 2 saturated heterocycles. The van der Waals surface area contributed by atoms with Crippen molar-refractivity contribution in [2.75, 3.05) is 0 Å². The minimum Gasteiger partial charge on any atom is -0.459 e. The second-order valence-electron chi connectivity index (χ2n) is 7.73. The highest BCUT2D eigenvalue weighted by atomic mass is 16.7. The largest absolute Gasteiger partial charge is 0.459 e. The highest BCUT2D eigenvalue weighted by molar-refractivity contribution is 5.91. The van der Waals surface area contributed by atoms with Crippen molar-refractivity contribution in [1.82, 2.24) is 0 Å². The fourth-order valence-electron chi connectivity index (χ4n) is 3.68. The third-order valence-corrected chi connectivity index (χ3v) is 5.45. The molecule has 6 atom stereocenters. The van der Waals surface area contributed by atoms with Gasteiger partial charge >= 0.3 is 11.9 Å². The summed E-state index contributed by atoms with van der Waals surface area (Å²) in [5.74, 6) is -1.39. The summed E-state index contributed by atoms with van der Waals surface area (Å²) in [7, 11) is 0. The molecular formula is C20H26O6. The van der Waals surface area contributed by atoms with Crippen molar-refractivity contribution in [2.24, 2.45) is 5.92 Å². The van der Waals surface area contributed by atoms with Crippen molar-refractivity contribution in [3.63, 3.8) is 0 Å². The molecule has 0 saturated carbocycles. The van der Waals surface area contributed by atoms with E-state index in [1.165, 1.54) is 0 Å². The van der Waals surface area contributed by atoms with Crippen LogP contribution in [0.2, 0.25) is 0 Å². The lowest BCUT2D eigenvalue weighted by Crippen LogP contribution is -2.37. The van der Waals surface area contributed by atoms with Gasteiger partial charge in [-0.1, -0.05) is 23.8 Å². The Labute approximate surface area is 153 Å². The van der Waals surface area contributed by atoms with Crippen LogP contribution in [0.25, 0.3) is 0 Å². The molecule has 0 aromatic rings. The number of hydrogen-bond donors (Lipinski definition) is 1. The van der Waals surface area contributed by atoms with Crippen LogP contribution in [0.1, 0.15) is 40.5 Å². The number of aliphatic hydroxyl groups is 1. The Morgan fingerprint density at radius 1 is 1.31 bits per heavy atom. The second kappa shape index (κ2) is 6.67. The normalized spacial score (nSPS) is 44.1. The molecular weight excluding hydrogens is 336 g/mol. The fraction of sp³-hybridized carbons (Fsp3) is 0.600. The molecule has 26 heavy (non-hydrogen) atoms. The number of carbonyl (C=O) groups is 2. The third kappa shape index (κ3) is 3.48. The molecule has 0 radical (unpaired) electrons. The van der Waals surface area contributed by atoms with Crippen LogP contribution in [0.3, 0.4) is 0 Å². The molecule has 2 heterocycles. The van der Waals surface area contributed by atoms with Crippen molar-refractivity contribution in [3.8, 4) is 0 Å². The zero-order chi connectivity index (χ0) is 19.2. The number of ether oxygens (including phenoxy) is 3. The predicted octanol–water partition coefficient (Wildman–Crippen LogP) is 2.22. The summed E-state index contributed by atoms with van der Waals surface area (Å²) >= 11 is 0. The van der Waals surface area contributed by atoms with Gasteiger partial charge in [0.1, 0.15) is 12.2 Å². The number of esters is 2. The molecule has 0 spiro atoms. The van der Waals surface area contributed by atoms with E-state index < -0.39 is 41.8 Å². The number of hydrogen-bond acceptors (Lipinski definition) is 6. The third-order valence-electron chi connectivity index (χ3n) is 5.45. The number of epoxide rings is 1. The van der Waals surface area contributed by atoms with E-state index in [2.05, 4.69) is 6.58 Å². The maximum atomic E-state index is 12.6. The van der Waals surface area contributed by atoms with Gasteiger partial charge in [0.05, 0.1) is 18.1 Å². The fourth-order valence-corrected chi connectivity index (χ4v) is 3.68. The Bertz CT molecular complexity index is 705. The van der Waals surface area contributed by atoms with Crippen LogP contribution in [0.4, 0.5) is 0 Å². The van der Waals surface area contributed by atoms with E-state index in [-0.39, 0.29) is 6.10 Å². The average Bonchev–Trinajstić information content (AvgIpc) is 3.04. The summed E-state index contributed by atoms with van der Waals surface area (Å²) in [6.45, 7) is 11.1. The number of fused-ring (bicyclic) bond motifs is 1. The summed E-state index contributed by atoms with van der Waals surface area (Å²) in [5.41, 5.74) is 1.14. The van der Waals surface area contributed by atoms with Crippen LogP contribution < -0.4 is 0 Å². The van der Waals surface area contributed by atoms with Crippen LogP contribution in [-0.2, 0) is 23.8 Å². The number of aliphatic hydroxyl groups excluding tert-OH is 1. The second-order valence-corrected chi connectivity index (χ2v) is 7.73. The first-order valence-electron chi connectivity index (χ1n) is 8.93. The Hall–Kier alpha value is -1.92. The van der Waals surface area contributed by atoms with E-state index in [0.717, 1.165) is 11.1 Å². The van der Waals surface area contributed by atoms with E-state index in [1.54, 1.807) is 13.0 Å². The molecule has 2 fully saturated rings. The summed E-state index contributed by atoms with van der Waals surface area (Å²) in [6, 6.07) is 0. The van der Waals surface area contributed by atoms with Gasteiger partial charge < -0.3 is 19.3 Å². The van der Waals surface area contributed by atoms with E-state index in [4.69, 9.17) is 14.2 Å². The first kappa shape index (κ1) is 18.9. The van der Waals surface area contributed by atoms with Crippen molar-refractivity contribution in [3.05, 3.63) is 35.5 Å². The van der Waals surface area contributed by atoms with Gasteiger partial charge in [-0.15, -0.1) is 0 Å². The summed E-state index contributed by atoms with van der Waals surface area (Å²) in [5, 5.41) is 10.2. The summed E-state index contributed by atoms with van der Waals surface area (Å²) in [6.07, 6.45) is 2.41. The van der Waals surface area contributed by atoms with Gasteiger partial charge in [0.2, 0.25) is 0 Å². The highest BCUT2D eigenvalue weighted by Gasteiger charge is 2.58. The zero-order valence-corrected chi connectivity index (χ0v) is 15.7. The topological polar surface area (TPSA) is 85.4 Å². The Kier molecular flexibility index (Phi) is 4.84. The van der Waals surface area contributed by atoms with E-state index in [0.29, 0.717) is 18.4 Å². The minimum atomic E-state index is -0.946. The molecule has 0 aromatic carbocycles. The molecule has 0 unspecified atom stereocenters. The molecule has 3 rings (SSSR count). The van der Waals surface area contributed by atoms with Gasteiger partial charge in [-0.3, -0.25) is 0 Å². The molecule has 6 nitrogen and oxygen atoms in total. The van der Waals surface area contributed by atoms with Crippen LogP contribution in [-0.4, -0.2) is 47.1 Å². The van der Waals surface area contributed by atoms with Gasteiger partial charge in [-0.2, -0.15) is 0 Å². The van der Waals surface area contributed by atoms with Crippen LogP contribution in [0, 0.1) is 5.92 Å². The van der Waals surface area contributed by atoms with Crippen molar-refractivity contribution >= 4 is 11.9 Å². The molecule has 0 amide bonds. The zero-order valence-electron chi connectivity index (χ0n) is 15.7. The molecule has 0 aromatic heterocycles. The summed E-state index contributed by atoms with van der Waals surface area (Å²) < 4.78 is 16.6. The standard InChI is InChI=1S/C20H26O6/c1-10-6-14(21)7-11(2)9-16(25-19(23)20(5)13(4)26-20)17-12(3)18(22)24-15(17)8-10/h7-8,13-17,21H,3,6,9H2,1-2,4-5H3/b10-8+,11-7+/t13-,14-,15-,16-,17-,20-/m1/s1. The summed E-state index contributed by atoms with van der Waals surface area (Å²) in [4.78, 5) is 24.7. The van der Waals surface area contributed by atoms with E-state index >= 15 is 0 Å². The van der Waals surface area contributed by atoms with Crippen LogP contribution in [0.5, 0.6) is 0 Å². The smallest absolute Gasteiger partial charge is 0.341 e. The molecule has 3 aliphatic rings. The van der Waals surface area contributed by atoms with Crippen molar-refractivity contribution in [1.29, 1.82) is 0 Å². The lowest BCUT2D eigenvalue weighted by Gasteiger charge is -2.28. The first-order valence-corrected chi connectivity index (χ1v) is 8.93. The van der Waals surface area contributed by atoms with E-state index in [1.807, 2.05) is 26.8 Å². The average molecular weight is 362 g/mol. The van der Waals surface area contributed by atoms with Crippen molar-refractivity contribution in [2.45, 2.75) is 70.6 Å². The molecule has 1 aliphatic carbocycles. The monoisotopic (exact) mass is 362 g/mol. The quantitative estimate of drug-likeness (QED) is 0.351. The predicted molar refractivity (Wildman–Crippen MR) is 94.1 cm³/mol. The molecule has 1 N–H and O–H groups in total.